The molecule has 1 atom stereocenters. The fraction of sp³-hybridized carbons (Fsp3) is 0.286. The van der Waals surface area contributed by atoms with Crippen molar-refractivity contribution >= 4 is 33.6 Å². The minimum Gasteiger partial charge on any atom is -0.548 e. The van der Waals surface area contributed by atoms with Gasteiger partial charge in [0.25, 0.3) is 5.91 Å². The van der Waals surface area contributed by atoms with Crippen LogP contribution in [-0.4, -0.2) is 24.5 Å². The molecule has 0 fully saturated rings. The molecule has 1 heterocycles. The lowest BCUT2D eigenvalue weighted by molar-refractivity contribution is -0.308. The van der Waals surface area contributed by atoms with E-state index in [-0.39, 0.29) is 18.9 Å². The first kappa shape index (κ1) is 19.4. The summed E-state index contributed by atoms with van der Waals surface area (Å²) in [5.74, 6) is -1.49. The number of amides is 1. The van der Waals surface area contributed by atoms with Crippen molar-refractivity contribution in [2.24, 2.45) is 5.92 Å². The van der Waals surface area contributed by atoms with Crippen LogP contribution in [0.3, 0.4) is 0 Å². The number of nitrogens with one attached hydrogen (secondary N) is 1. The van der Waals surface area contributed by atoms with E-state index in [1.807, 2.05) is 26.0 Å². The van der Waals surface area contributed by atoms with Crippen molar-refractivity contribution in [1.29, 1.82) is 0 Å². The van der Waals surface area contributed by atoms with Crippen molar-refractivity contribution in [1.82, 2.24) is 5.32 Å². The number of fused-ring (bicyclic) bond motifs is 3. The highest BCUT2D eigenvalue weighted by atomic mass is 16.5. The van der Waals surface area contributed by atoms with Gasteiger partial charge in [0.1, 0.15) is 11.3 Å². The van der Waals surface area contributed by atoms with Crippen molar-refractivity contribution in [2.45, 2.75) is 26.3 Å². The first-order chi connectivity index (χ1) is 13.3. The van der Waals surface area contributed by atoms with Crippen molar-refractivity contribution in [3.63, 3.8) is 0 Å². The largest absolute Gasteiger partial charge is 0.548 e. The Kier molecular flexibility index (Phi) is 5.63. The molecule has 1 aromatic heterocycles. The molecule has 1 N–H and O–H groups in total. The van der Waals surface area contributed by atoms with Crippen LogP contribution in [0.1, 0.15) is 20.3 Å². The average molecular weight is 382 g/mol. The fourth-order valence-electron chi connectivity index (χ4n) is 3.02. The Hall–Kier alpha value is -3.35. The Morgan fingerprint density at radius 2 is 1.82 bits per heavy atom. The Labute approximate surface area is 160 Å². The lowest BCUT2D eigenvalue weighted by atomic mass is 10.0. The summed E-state index contributed by atoms with van der Waals surface area (Å²) in [6, 6.07) is 11.0. The molecule has 2 aromatic carbocycles. The monoisotopic (exact) mass is 382 g/mol. The van der Waals surface area contributed by atoms with Crippen LogP contribution >= 0.6 is 0 Å². The van der Waals surface area contributed by atoms with E-state index in [2.05, 4.69) is 5.32 Å². The quantitative estimate of drug-likeness (QED) is 0.491. The third kappa shape index (κ3) is 4.31. The highest BCUT2D eigenvalue weighted by molar-refractivity contribution is 6.04. The minimum absolute atomic E-state index is 0.0855. The maximum Gasteiger partial charge on any atom is 0.344 e. The number of carbonyl (C=O) groups is 2. The van der Waals surface area contributed by atoms with Gasteiger partial charge in [0.15, 0.2) is 6.61 Å². The number of rotatable bonds is 7. The molecule has 0 aliphatic heterocycles. The Balaban J connectivity index is 1.74. The molecule has 28 heavy (non-hydrogen) atoms. The number of benzene rings is 2. The maximum atomic E-state index is 12.1. The van der Waals surface area contributed by atoms with Crippen molar-refractivity contribution in [3.8, 4) is 5.75 Å². The Morgan fingerprint density at radius 3 is 2.50 bits per heavy atom. The molecular weight excluding hydrogens is 362 g/mol. The maximum absolute atomic E-state index is 12.1. The summed E-state index contributed by atoms with van der Waals surface area (Å²) in [6.45, 7) is 3.33. The van der Waals surface area contributed by atoms with Crippen molar-refractivity contribution < 1.29 is 23.8 Å². The highest BCUT2D eigenvalue weighted by Crippen LogP contribution is 2.26. The first-order valence-electron chi connectivity index (χ1n) is 8.94. The molecule has 0 aliphatic rings. The van der Waals surface area contributed by atoms with E-state index in [0.29, 0.717) is 16.7 Å². The molecule has 0 spiro atoms. The third-order valence-corrected chi connectivity index (χ3v) is 4.29. The SMILES string of the molecule is CC(C)C[C@H](NC(=O)COc1ccc2c(c1)oc(=O)c1ccccc12)C(=O)[O-]. The van der Waals surface area contributed by atoms with Gasteiger partial charge in [-0.05, 0) is 35.9 Å². The summed E-state index contributed by atoms with van der Waals surface area (Å²) in [5, 5.41) is 15.5. The van der Waals surface area contributed by atoms with Crippen LogP contribution in [0.25, 0.3) is 21.7 Å². The third-order valence-electron chi connectivity index (χ3n) is 4.29. The van der Waals surface area contributed by atoms with Gasteiger partial charge in [-0.15, -0.1) is 0 Å². The van der Waals surface area contributed by atoms with E-state index in [1.165, 1.54) is 6.07 Å². The predicted octanol–water partition coefficient (Wildman–Crippen LogP) is 1.61. The van der Waals surface area contributed by atoms with E-state index in [0.717, 1.165) is 10.8 Å². The minimum atomic E-state index is -1.33. The average Bonchev–Trinajstić information content (AvgIpc) is 2.65. The van der Waals surface area contributed by atoms with Crippen LogP contribution in [0.2, 0.25) is 0 Å². The summed E-state index contributed by atoms with van der Waals surface area (Å²) < 4.78 is 10.8. The molecular formula is C21H20NO6-. The van der Waals surface area contributed by atoms with E-state index in [1.54, 1.807) is 24.3 Å². The summed E-state index contributed by atoms with van der Waals surface area (Å²) in [7, 11) is 0. The molecule has 146 valence electrons. The molecule has 0 aliphatic carbocycles. The number of ether oxygens (including phenoxy) is 1. The second-order valence-electron chi connectivity index (χ2n) is 6.95. The van der Waals surface area contributed by atoms with Gasteiger partial charge in [-0.2, -0.15) is 0 Å². The van der Waals surface area contributed by atoms with Crippen molar-refractivity contribution in [3.05, 3.63) is 52.9 Å². The van der Waals surface area contributed by atoms with Gasteiger partial charge in [-0.1, -0.05) is 32.0 Å². The fourth-order valence-corrected chi connectivity index (χ4v) is 3.02. The first-order valence-corrected chi connectivity index (χ1v) is 8.94. The molecule has 3 aromatic rings. The normalized spacial score (nSPS) is 12.2. The molecule has 7 nitrogen and oxygen atoms in total. The van der Waals surface area contributed by atoms with E-state index < -0.39 is 23.5 Å². The standard InChI is InChI=1S/C21H21NO6/c1-12(2)9-17(20(24)25)22-19(23)11-27-13-7-8-15-14-5-3-4-6-16(14)21(26)28-18(15)10-13/h3-8,10,12,17H,9,11H2,1-2H3,(H,22,23)(H,24,25)/p-1/t17-/m0/s1. The molecule has 0 unspecified atom stereocenters. The molecule has 0 radical (unpaired) electrons. The Bertz CT molecular complexity index is 1090. The van der Waals surface area contributed by atoms with Crippen LogP contribution in [0.15, 0.2) is 51.7 Å². The van der Waals surface area contributed by atoms with E-state index >= 15 is 0 Å². The second kappa shape index (κ2) is 8.12. The van der Waals surface area contributed by atoms with Gasteiger partial charge >= 0.3 is 5.63 Å². The molecule has 3 rings (SSSR count). The number of hydrogen-bond acceptors (Lipinski definition) is 6. The molecule has 0 saturated heterocycles. The van der Waals surface area contributed by atoms with Gasteiger partial charge in [-0.25, -0.2) is 4.79 Å². The number of carbonyl (C=O) groups excluding carboxylic acids is 2. The topological polar surface area (TPSA) is 109 Å². The smallest absolute Gasteiger partial charge is 0.344 e. The van der Waals surface area contributed by atoms with Gasteiger partial charge in [0.2, 0.25) is 0 Å². The van der Waals surface area contributed by atoms with Gasteiger partial charge in [0, 0.05) is 11.5 Å². The van der Waals surface area contributed by atoms with Crippen LogP contribution in [0, 0.1) is 5.92 Å². The molecule has 0 saturated carbocycles. The summed E-state index contributed by atoms with van der Waals surface area (Å²) >= 11 is 0. The molecule has 0 bridgehead atoms. The number of carboxylic acids is 1. The summed E-state index contributed by atoms with van der Waals surface area (Å²) in [5.41, 5.74) is -0.113. The zero-order chi connectivity index (χ0) is 20.3. The molecule has 7 heteroatoms. The summed E-state index contributed by atoms with van der Waals surface area (Å²) in [6.07, 6.45) is 0.266. The van der Waals surface area contributed by atoms with E-state index in [9.17, 15) is 19.5 Å². The van der Waals surface area contributed by atoms with Crippen LogP contribution in [0.4, 0.5) is 0 Å². The van der Waals surface area contributed by atoms with Crippen LogP contribution in [-0.2, 0) is 9.59 Å². The summed E-state index contributed by atoms with van der Waals surface area (Å²) in [4.78, 5) is 35.2. The number of hydrogen-bond donors (Lipinski definition) is 1. The number of aliphatic carboxylic acids is 1. The lowest BCUT2D eigenvalue weighted by Crippen LogP contribution is -2.49. The van der Waals surface area contributed by atoms with Gasteiger partial charge in [0.05, 0.1) is 17.4 Å². The highest BCUT2D eigenvalue weighted by Gasteiger charge is 2.16. The zero-order valence-corrected chi connectivity index (χ0v) is 15.6. The van der Waals surface area contributed by atoms with Gasteiger partial charge in [-0.3, -0.25) is 4.79 Å². The van der Waals surface area contributed by atoms with Crippen LogP contribution in [0.5, 0.6) is 5.75 Å². The van der Waals surface area contributed by atoms with E-state index in [4.69, 9.17) is 9.15 Å². The lowest BCUT2D eigenvalue weighted by Gasteiger charge is -2.21. The zero-order valence-electron chi connectivity index (χ0n) is 15.6. The number of carboxylic acid groups (broad SMARTS) is 1. The molecule has 1 amide bonds. The van der Waals surface area contributed by atoms with Crippen LogP contribution < -0.4 is 20.8 Å². The predicted molar refractivity (Wildman–Crippen MR) is 102 cm³/mol. The second-order valence-corrected chi connectivity index (χ2v) is 6.95. The Morgan fingerprint density at radius 1 is 1.11 bits per heavy atom. The van der Waals surface area contributed by atoms with Gasteiger partial charge < -0.3 is 24.4 Å². The van der Waals surface area contributed by atoms with Crippen molar-refractivity contribution in [2.75, 3.05) is 6.61 Å².